The van der Waals surface area contributed by atoms with Crippen LogP contribution in [0, 0.1) is 0 Å². The zero-order chi connectivity index (χ0) is 38.1. The van der Waals surface area contributed by atoms with E-state index in [0.29, 0.717) is 0 Å². The van der Waals surface area contributed by atoms with E-state index in [0.717, 1.165) is 16.7 Å². The van der Waals surface area contributed by atoms with Crippen LogP contribution in [-0.4, -0.2) is 18.4 Å². The second kappa shape index (κ2) is 10.5. The van der Waals surface area contributed by atoms with Crippen LogP contribution in [0.15, 0.2) is 182 Å². The van der Waals surface area contributed by atoms with Crippen LogP contribution in [0.5, 0.6) is 0 Å². The fourth-order valence-corrected chi connectivity index (χ4v) is 11.0. The number of hydrogen-bond acceptors (Lipinski definition) is 1. The predicted molar refractivity (Wildman–Crippen MR) is 248 cm³/mol. The number of nitrogens with zero attached hydrogens (tertiary/aromatic N) is 4. The Morgan fingerprint density at radius 2 is 1.00 bits per heavy atom. The van der Waals surface area contributed by atoms with Gasteiger partial charge < -0.3 is 8.97 Å². The van der Waals surface area contributed by atoms with Gasteiger partial charge in [0.15, 0.2) is 0 Å². The fourth-order valence-electron chi connectivity index (χ4n) is 11.0. The number of fused-ring (bicyclic) bond motifs is 18. The lowest BCUT2D eigenvalue weighted by Gasteiger charge is -2.09. The smallest absolute Gasteiger partial charge is 0.146 e. The van der Waals surface area contributed by atoms with Gasteiger partial charge in [-0.1, -0.05) is 127 Å². The van der Waals surface area contributed by atoms with Crippen LogP contribution >= 0.6 is 0 Å². The van der Waals surface area contributed by atoms with Crippen molar-refractivity contribution >= 4 is 120 Å². The lowest BCUT2D eigenvalue weighted by atomic mass is 9.97. The van der Waals surface area contributed by atoms with Gasteiger partial charge in [0, 0.05) is 59.7 Å². The Kier molecular flexibility index (Phi) is 5.38. The third-order valence-corrected chi connectivity index (χ3v) is 13.4. The van der Waals surface area contributed by atoms with Gasteiger partial charge in [-0.15, -0.1) is 0 Å². The zero-order valence-electron chi connectivity index (χ0n) is 31.6. The Morgan fingerprint density at radius 3 is 1.88 bits per heavy atom. The molecular weight excluding hydrogens is 717 g/mol. The molecular formula is C55H30N4. The summed E-state index contributed by atoms with van der Waals surface area (Å²) in [6.07, 6.45) is 0. The van der Waals surface area contributed by atoms with Crippen LogP contribution in [0.25, 0.3) is 137 Å². The molecule has 59 heavy (non-hydrogen) atoms. The molecule has 9 aromatic carbocycles. The lowest BCUT2D eigenvalue weighted by molar-refractivity contribution is 1.18. The maximum absolute atomic E-state index is 5.75. The van der Waals surface area contributed by atoms with Gasteiger partial charge in [0.05, 0.1) is 44.1 Å². The summed E-state index contributed by atoms with van der Waals surface area (Å²) in [5.74, 6) is 0. The van der Waals surface area contributed by atoms with Crippen molar-refractivity contribution in [2.75, 3.05) is 0 Å². The molecule has 0 amide bonds. The molecule has 270 valence electrons. The van der Waals surface area contributed by atoms with E-state index in [-0.39, 0.29) is 0 Å². The monoisotopic (exact) mass is 746 g/mol. The third kappa shape index (κ3) is 3.65. The summed E-state index contributed by atoms with van der Waals surface area (Å²) in [4.78, 5) is 5.75. The molecule has 0 unspecified atom stereocenters. The van der Waals surface area contributed by atoms with E-state index in [9.17, 15) is 0 Å². The van der Waals surface area contributed by atoms with Crippen molar-refractivity contribution in [3.05, 3.63) is 182 Å². The number of para-hydroxylation sites is 4. The molecule has 0 aliphatic heterocycles. The maximum atomic E-state index is 5.75. The van der Waals surface area contributed by atoms with Crippen molar-refractivity contribution in [2.45, 2.75) is 0 Å². The molecule has 0 fully saturated rings. The van der Waals surface area contributed by atoms with Crippen LogP contribution in [0.2, 0.25) is 0 Å². The summed E-state index contributed by atoms with van der Waals surface area (Å²) in [5, 5.41) is 16.2. The third-order valence-electron chi connectivity index (χ3n) is 13.4. The Balaban J connectivity index is 1.10. The summed E-state index contributed by atoms with van der Waals surface area (Å²) >= 11 is 0. The second-order valence-corrected chi connectivity index (χ2v) is 16.3. The van der Waals surface area contributed by atoms with Crippen LogP contribution in [0.4, 0.5) is 0 Å². The van der Waals surface area contributed by atoms with Crippen molar-refractivity contribution < 1.29 is 0 Å². The van der Waals surface area contributed by atoms with E-state index < -0.39 is 0 Å². The zero-order valence-corrected chi connectivity index (χ0v) is 31.6. The first-order valence-electron chi connectivity index (χ1n) is 20.4. The highest BCUT2D eigenvalue weighted by atomic mass is 15.0. The Hall–Kier alpha value is -7.95. The number of benzene rings is 9. The molecule has 6 aromatic heterocycles. The molecule has 0 spiro atoms. The molecule has 4 heteroatoms. The lowest BCUT2D eigenvalue weighted by Crippen LogP contribution is -1.93. The average molecular weight is 747 g/mol. The first kappa shape index (κ1) is 30.2. The van der Waals surface area contributed by atoms with Crippen molar-refractivity contribution in [3.63, 3.8) is 0 Å². The van der Waals surface area contributed by atoms with E-state index in [1.807, 2.05) is 0 Å². The predicted octanol–water partition coefficient (Wildman–Crippen LogP) is 14.5. The molecule has 0 bridgehead atoms. The highest BCUT2D eigenvalue weighted by Crippen LogP contribution is 2.48. The van der Waals surface area contributed by atoms with E-state index in [1.165, 1.54) is 120 Å². The van der Waals surface area contributed by atoms with Gasteiger partial charge in [0.25, 0.3) is 0 Å². The van der Waals surface area contributed by atoms with Crippen LogP contribution in [0.3, 0.4) is 0 Å². The van der Waals surface area contributed by atoms with E-state index in [4.69, 9.17) is 4.98 Å². The minimum atomic E-state index is 1.01. The van der Waals surface area contributed by atoms with Crippen LogP contribution in [-0.2, 0) is 0 Å². The molecule has 0 aliphatic carbocycles. The highest BCUT2D eigenvalue weighted by Gasteiger charge is 2.26. The number of pyridine rings is 1. The molecule has 0 aliphatic rings. The van der Waals surface area contributed by atoms with Gasteiger partial charge in [0.1, 0.15) is 5.65 Å². The summed E-state index contributed by atoms with van der Waals surface area (Å²) in [7, 11) is 0. The topological polar surface area (TPSA) is 26.6 Å². The van der Waals surface area contributed by atoms with Crippen molar-refractivity contribution in [2.24, 2.45) is 0 Å². The van der Waals surface area contributed by atoms with Crippen LogP contribution in [0.1, 0.15) is 0 Å². The van der Waals surface area contributed by atoms with Gasteiger partial charge >= 0.3 is 0 Å². The van der Waals surface area contributed by atoms with Gasteiger partial charge in [-0.25, -0.2) is 4.98 Å². The maximum Gasteiger partial charge on any atom is 0.146 e. The van der Waals surface area contributed by atoms with Crippen molar-refractivity contribution in [3.8, 4) is 16.8 Å². The summed E-state index contributed by atoms with van der Waals surface area (Å²) in [6.45, 7) is 0. The number of aromatic nitrogens is 4. The standard InChI is InChI=1S/C55H30N4/c1-2-15-35(16-3-1)57-46-23-9-8-18-38(46)42-27-34(24-25-47(42)57)37-19-10-22-41-50-36-17-7-6-14-33(36)28-45-51-49(58(52(37)41)54(45)50)30-44-40-21-11-20-39-43-26-31-12-4-5-13-32(31)29-48(43)59(53(39)40)55(44)56-51/h1-30H. The summed E-state index contributed by atoms with van der Waals surface area (Å²) in [5.41, 5.74) is 14.1. The average Bonchev–Trinajstić information content (AvgIpc) is 4.08. The quantitative estimate of drug-likeness (QED) is 0.173. The first-order chi connectivity index (χ1) is 29.3. The number of hydrogen-bond donors (Lipinski definition) is 0. The highest BCUT2D eigenvalue weighted by molar-refractivity contribution is 6.33. The molecule has 15 rings (SSSR count). The molecule has 0 N–H and O–H groups in total. The molecule has 4 nitrogen and oxygen atoms in total. The number of rotatable bonds is 2. The van der Waals surface area contributed by atoms with Crippen molar-refractivity contribution in [1.29, 1.82) is 0 Å². The fraction of sp³-hybridized carbons (Fsp3) is 0. The molecule has 0 saturated heterocycles. The molecule has 0 atom stereocenters. The summed E-state index contributed by atoms with van der Waals surface area (Å²) in [6, 6.07) is 67.3. The minimum absolute atomic E-state index is 1.01. The van der Waals surface area contributed by atoms with E-state index in [2.05, 4.69) is 195 Å². The molecule has 0 saturated carbocycles. The Bertz CT molecular complexity index is 4300. The molecule has 0 radical (unpaired) electrons. The SMILES string of the molecule is c1ccc(-n2c3ccccc3c3cc(-c4cccc5c6c7ccccc7cc7c8nc9c(cc8n(c45)c76)c4cccc5c6cc7ccccc7cc6n9c54)ccc32)cc1. The van der Waals surface area contributed by atoms with Gasteiger partial charge in [-0.05, 0) is 81.7 Å². The van der Waals surface area contributed by atoms with E-state index in [1.54, 1.807) is 0 Å². The van der Waals surface area contributed by atoms with Crippen molar-refractivity contribution in [1.82, 2.24) is 18.4 Å². The summed E-state index contributed by atoms with van der Waals surface area (Å²) < 4.78 is 7.36. The Labute approximate surface area is 335 Å². The first-order valence-corrected chi connectivity index (χ1v) is 20.4. The second-order valence-electron chi connectivity index (χ2n) is 16.3. The van der Waals surface area contributed by atoms with Crippen LogP contribution < -0.4 is 0 Å². The van der Waals surface area contributed by atoms with Gasteiger partial charge in [0.2, 0.25) is 0 Å². The van der Waals surface area contributed by atoms with Gasteiger partial charge in [-0.2, -0.15) is 0 Å². The minimum Gasteiger partial charge on any atom is -0.309 e. The normalized spacial score (nSPS) is 12.7. The van der Waals surface area contributed by atoms with Gasteiger partial charge in [-0.3, -0.25) is 4.40 Å². The Morgan fingerprint density at radius 1 is 0.339 bits per heavy atom. The molecule has 6 heterocycles. The van der Waals surface area contributed by atoms with E-state index >= 15 is 0 Å². The largest absolute Gasteiger partial charge is 0.309 e. The molecule has 15 aromatic rings.